The fraction of sp³-hybridized carbons (Fsp3) is 0.500. The lowest BCUT2D eigenvalue weighted by atomic mass is 10.1. The van der Waals surface area contributed by atoms with E-state index in [0.29, 0.717) is 32.0 Å². The molecule has 1 aliphatic carbocycles. The molecule has 2 heterocycles. The summed E-state index contributed by atoms with van der Waals surface area (Å²) < 4.78 is 5.33. The number of hydrogen-bond donors (Lipinski definition) is 1. The summed E-state index contributed by atoms with van der Waals surface area (Å²) in [5.74, 6) is 0.0736. The SMILES string of the molecule is CCC(=O)NC[C@H]1CN(c2ccc3c(c2)CC(=O)N3C2CC2)C(=O)O1. The van der Waals surface area contributed by atoms with E-state index in [0.717, 1.165) is 29.8 Å². The van der Waals surface area contributed by atoms with Crippen molar-refractivity contribution in [3.8, 4) is 0 Å². The highest BCUT2D eigenvalue weighted by Gasteiger charge is 2.39. The molecular weight excluding hydrogens is 322 g/mol. The molecule has 7 nitrogen and oxygen atoms in total. The van der Waals surface area contributed by atoms with E-state index in [4.69, 9.17) is 4.74 Å². The van der Waals surface area contributed by atoms with Crippen LogP contribution in [0.3, 0.4) is 0 Å². The number of hydrogen-bond acceptors (Lipinski definition) is 4. The minimum absolute atomic E-state index is 0.0642. The van der Waals surface area contributed by atoms with Crippen LogP contribution < -0.4 is 15.1 Å². The molecule has 7 heteroatoms. The fourth-order valence-electron chi connectivity index (χ4n) is 3.42. The summed E-state index contributed by atoms with van der Waals surface area (Å²) >= 11 is 0. The molecule has 3 aliphatic rings. The van der Waals surface area contributed by atoms with Crippen LogP contribution in [0.15, 0.2) is 18.2 Å². The lowest BCUT2D eigenvalue weighted by Gasteiger charge is -2.18. The normalized spacial score (nSPS) is 22.2. The number of carbonyl (C=O) groups excluding carboxylic acids is 3. The molecule has 0 unspecified atom stereocenters. The molecular formula is C18H21N3O4. The zero-order chi connectivity index (χ0) is 17.6. The van der Waals surface area contributed by atoms with Crippen molar-refractivity contribution in [1.82, 2.24) is 5.32 Å². The molecule has 0 spiro atoms. The van der Waals surface area contributed by atoms with Crippen LogP contribution in [0.2, 0.25) is 0 Å². The lowest BCUT2D eigenvalue weighted by molar-refractivity contribution is -0.121. The van der Waals surface area contributed by atoms with Gasteiger partial charge in [0.1, 0.15) is 6.10 Å². The van der Waals surface area contributed by atoms with Crippen LogP contribution in [-0.4, -0.2) is 43.1 Å². The summed E-state index contributed by atoms with van der Waals surface area (Å²) in [5.41, 5.74) is 2.67. The highest BCUT2D eigenvalue weighted by atomic mass is 16.6. The van der Waals surface area contributed by atoms with E-state index >= 15 is 0 Å². The average molecular weight is 343 g/mol. The number of fused-ring (bicyclic) bond motifs is 1. The molecule has 1 aromatic rings. The van der Waals surface area contributed by atoms with E-state index in [1.165, 1.54) is 0 Å². The van der Waals surface area contributed by atoms with Gasteiger partial charge >= 0.3 is 6.09 Å². The number of cyclic esters (lactones) is 1. The monoisotopic (exact) mass is 343 g/mol. The maximum Gasteiger partial charge on any atom is 0.414 e. The van der Waals surface area contributed by atoms with Crippen LogP contribution in [0.4, 0.5) is 16.2 Å². The topological polar surface area (TPSA) is 79.0 Å². The van der Waals surface area contributed by atoms with Gasteiger partial charge in [-0.15, -0.1) is 0 Å². The minimum atomic E-state index is -0.418. The second-order valence-electron chi connectivity index (χ2n) is 6.76. The third-order valence-electron chi connectivity index (χ3n) is 4.88. The van der Waals surface area contributed by atoms with Crippen molar-refractivity contribution in [2.45, 2.75) is 44.8 Å². The van der Waals surface area contributed by atoms with Gasteiger partial charge in [-0.2, -0.15) is 0 Å². The average Bonchev–Trinajstić information content (AvgIpc) is 3.28. The summed E-state index contributed by atoms with van der Waals surface area (Å²) in [6.45, 7) is 2.48. The Balaban J connectivity index is 1.47. The number of rotatable bonds is 5. The fourth-order valence-corrected chi connectivity index (χ4v) is 3.42. The molecule has 2 aliphatic heterocycles. The largest absolute Gasteiger partial charge is 0.442 e. The molecule has 4 rings (SSSR count). The van der Waals surface area contributed by atoms with E-state index in [2.05, 4.69) is 5.32 Å². The molecule has 3 amide bonds. The second-order valence-corrected chi connectivity index (χ2v) is 6.76. The predicted molar refractivity (Wildman–Crippen MR) is 91.6 cm³/mol. The van der Waals surface area contributed by atoms with Gasteiger partial charge in [-0.05, 0) is 36.6 Å². The van der Waals surface area contributed by atoms with Gasteiger partial charge in [-0.1, -0.05) is 6.92 Å². The molecule has 1 saturated carbocycles. The number of anilines is 2. The predicted octanol–water partition coefficient (Wildman–Crippen LogP) is 1.59. The van der Waals surface area contributed by atoms with Crippen LogP contribution in [-0.2, 0) is 20.7 Å². The molecule has 0 bridgehead atoms. The summed E-state index contributed by atoms with van der Waals surface area (Å²) in [4.78, 5) is 39.2. The van der Waals surface area contributed by atoms with E-state index in [-0.39, 0.29) is 17.9 Å². The Morgan fingerprint density at radius 3 is 2.84 bits per heavy atom. The molecule has 132 valence electrons. The maximum atomic E-state index is 12.2. The van der Waals surface area contributed by atoms with Crippen molar-refractivity contribution >= 4 is 29.3 Å². The number of benzene rings is 1. The molecule has 2 fully saturated rings. The molecule has 0 aromatic heterocycles. The molecule has 25 heavy (non-hydrogen) atoms. The lowest BCUT2D eigenvalue weighted by Crippen LogP contribution is -2.34. The summed E-state index contributed by atoms with van der Waals surface area (Å²) in [5, 5.41) is 2.75. The Labute approximate surface area is 145 Å². The Morgan fingerprint density at radius 1 is 1.32 bits per heavy atom. The van der Waals surface area contributed by atoms with Gasteiger partial charge in [0.25, 0.3) is 0 Å². The van der Waals surface area contributed by atoms with E-state index in [1.807, 2.05) is 23.1 Å². The zero-order valence-corrected chi connectivity index (χ0v) is 14.2. The Kier molecular flexibility index (Phi) is 3.86. The standard InChI is InChI=1S/C18H21N3O4/c1-2-16(22)19-9-14-10-20(18(24)25-14)13-5-6-15-11(7-13)8-17(23)21(15)12-3-4-12/h5-7,12,14H,2-4,8-10H2,1H3,(H,19,22)/t14-/m0/s1. The first-order valence-corrected chi connectivity index (χ1v) is 8.76. The zero-order valence-electron chi connectivity index (χ0n) is 14.2. The van der Waals surface area contributed by atoms with Crippen LogP contribution >= 0.6 is 0 Å². The minimum Gasteiger partial charge on any atom is -0.442 e. The Morgan fingerprint density at radius 2 is 2.12 bits per heavy atom. The number of ether oxygens (including phenoxy) is 1. The van der Waals surface area contributed by atoms with Crippen LogP contribution in [0.25, 0.3) is 0 Å². The van der Waals surface area contributed by atoms with Crippen molar-refractivity contribution in [2.75, 3.05) is 22.9 Å². The van der Waals surface area contributed by atoms with Crippen LogP contribution in [0.1, 0.15) is 31.7 Å². The van der Waals surface area contributed by atoms with E-state index in [1.54, 1.807) is 11.8 Å². The van der Waals surface area contributed by atoms with Gasteiger partial charge in [0.05, 0.1) is 19.5 Å². The van der Waals surface area contributed by atoms with Gasteiger partial charge in [0.2, 0.25) is 11.8 Å². The highest BCUT2D eigenvalue weighted by Crippen LogP contribution is 2.40. The first-order valence-electron chi connectivity index (χ1n) is 8.76. The third kappa shape index (κ3) is 2.94. The molecule has 1 saturated heterocycles. The van der Waals surface area contributed by atoms with Crippen molar-refractivity contribution in [1.29, 1.82) is 0 Å². The van der Waals surface area contributed by atoms with E-state index < -0.39 is 6.09 Å². The molecule has 1 atom stereocenters. The Bertz CT molecular complexity index is 744. The van der Waals surface area contributed by atoms with Gasteiger partial charge in [0, 0.05) is 23.8 Å². The van der Waals surface area contributed by atoms with Crippen LogP contribution in [0.5, 0.6) is 0 Å². The van der Waals surface area contributed by atoms with Crippen molar-refractivity contribution in [3.63, 3.8) is 0 Å². The number of carbonyl (C=O) groups is 3. The van der Waals surface area contributed by atoms with Crippen molar-refractivity contribution in [3.05, 3.63) is 23.8 Å². The molecule has 1 aromatic carbocycles. The quantitative estimate of drug-likeness (QED) is 0.880. The smallest absolute Gasteiger partial charge is 0.414 e. The second kappa shape index (κ2) is 6.06. The summed E-state index contributed by atoms with van der Waals surface area (Å²) in [7, 11) is 0. The summed E-state index contributed by atoms with van der Waals surface area (Å²) in [6, 6.07) is 6.04. The number of amides is 3. The van der Waals surface area contributed by atoms with Gasteiger partial charge < -0.3 is 15.0 Å². The van der Waals surface area contributed by atoms with Crippen molar-refractivity contribution < 1.29 is 19.1 Å². The number of nitrogens with zero attached hydrogens (tertiary/aromatic N) is 2. The highest BCUT2D eigenvalue weighted by molar-refractivity contribution is 6.03. The molecule has 0 radical (unpaired) electrons. The first-order chi connectivity index (χ1) is 12.1. The van der Waals surface area contributed by atoms with Gasteiger partial charge in [-0.25, -0.2) is 4.79 Å². The summed E-state index contributed by atoms with van der Waals surface area (Å²) in [6.07, 6.45) is 2.15. The van der Waals surface area contributed by atoms with E-state index in [9.17, 15) is 14.4 Å². The van der Waals surface area contributed by atoms with Gasteiger partial charge in [0.15, 0.2) is 0 Å². The third-order valence-corrected chi connectivity index (χ3v) is 4.88. The van der Waals surface area contributed by atoms with Crippen LogP contribution in [0, 0.1) is 0 Å². The number of nitrogens with one attached hydrogen (secondary N) is 1. The maximum absolute atomic E-state index is 12.2. The first kappa shape index (κ1) is 15.9. The Hall–Kier alpha value is -2.57. The van der Waals surface area contributed by atoms with Gasteiger partial charge in [-0.3, -0.25) is 14.5 Å². The molecule has 1 N–H and O–H groups in total. The van der Waals surface area contributed by atoms with Crippen molar-refractivity contribution in [2.24, 2.45) is 0 Å².